The molecule has 2 aromatic rings. The van der Waals surface area contributed by atoms with Crippen LogP contribution in [0.2, 0.25) is 0 Å². The van der Waals surface area contributed by atoms with E-state index in [1.54, 1.807) is 19.2 Å². The van der Waals surface area contributed by atoms with E-state index in [-0.39, 0.29) is 18.0 Å². The van der Waals surface area contributed by atoms with Gasteiger partial charge in [-0.1, -0.05) is 30.3 Å². The fourth-order valence-electron chi connectivity index (χ4n) is 3.27. The average Bonchev–Trinajstić information content (AvgIpc) is 2.63. The summed E-state index contributed by atoms with van der Waals surface area (Å²) in [6, 6.07) is 16.2. The van der Waals surface area contributed by atoms with Crippen molar-refractivity contribution in [2.24, 2.45) is 5.92 Å². The van der Waals surface area contributed by atoms with Gasteiger partial charge in [0.1, 0.15) is 5.82 Å². The molecule has 132 valence electrons. The van der Waals surface area contributed by atoms with Crippen molar-refractivity contribution in [2.45, 2.75) is 25.4 Å². The van der Waals surface area contributed by atoms with Gasteiger partial charge in [-0.25, -0.2) is 9.18 Å². The Labute approximate surface area is 148 Å². The largest absolute Gasteiger partial charge is 0.322 e. The highest BCUT2D eigenvalue weighted by atomic mass is 19.1. The van der Waals surface area contributed by atoms with E-state index in [0.717, 1.165) is 25.8 Å². The van der Waals surface area contributed by atoms with Gasteiger partial charge in [-0.05, 0) is 61.6 Å². The zero-order valence-corrected chi connectivity index (χ0v) is 14.4. The molecule has 0 aliphatic carbocycles. The lowest BCUT2D eigenvalue weighted by Crippen LogP contribution is -2.53. The number of nitrogens with one attached hydrogen (secondary N) is 2. The Morgan fingerprint density at radius 3 is 2.64 bits per heavy atom. The second-order valence-electron chi connectivity index (χ2n) is 6.57. The molecule has 2 atom stereocenters. The number of benzene rings is 2. The molecule has 0 spiro atoms. The molecule has 0 radical (unpaired) electrons. The quantitative estimate of drug-likeness (QED) is 0.893. The van der Waals surface area contributed by atoms with E-state index in [1.807, 2.05) is 6.07 Å². The first-order valence-electron chi connectivity index (χ1n) is 8.69. The molecule has 5 heteroatoms. The van der Waals surface area contributed by atoms with E-state index in [4.69, 9.17) is 0 Å². The lowest BCUT2D eigenvalue weighted by atomic mass is 9.89. The Balaban J connectivity index is 1.54. The zero-order chi connectivity index (χ0) is 17.6. The highest BCUT2D eigenvalue weighted by Crippen LogP contribution is 2.21. The van der Waals surface area contributed by atoms with Gasteiger partial charge in [-0.2, -0.15) is 0 Å². The Morgan fingerprint density at radius 2 is 1.92 bits per heavy atom. The van der Waals surface area contributed by atoms with Gasteiger partial charge < -0.3 is 5.32 Å². The highest BCUT2D eigenvalue weighted by Gasteiger charge is 2.24. The van der Waals surface area contributed by atoms with Crippen LogP contribution in [0.5, 0.6) is 0 Å². The molecule has 2 aromatic carbocycles. The topological polar surface area (TPSA) is 44.4 Å². The van der Waals surface area contributed by atoms with Gasteiger partial charge in [0.05, 0.1) is 6.17 Å². The molecule has 1 fully saturated rings. The minimum Gasteiger partial charge on any atom is -0.322 e. The van der Waals surface area contributed by atoms with Gasteiger partial charge in [0, 0.05) is 12.7 Å². The number of rotatable bonds is 4. The summed E-state index contributed by atoms with van der Waals surface area (Å²) in [5.74, 6) is 0.236. The van der Waals surface area contributed by atoms with Crippen molar-refractivity contribution in [1.82, 2.24) is 10.6 Å². The SMILES string of the molecule is CN(C(=O)NC1CC(Cc2ccccc2)CCN1)c1ccc(F)cc1. The molecule has 3 rings (SSSR count). The van der Waals surface area contributed by atoms with E-state index < -0.39 is 0 Å². The number of anilines is 1. The Kier molecular flexibility index (Phi) is 5.66. The molecular weight excluding hydrogens is 317 g/mol. The summed E-state index contributed by atoms with van der Waals surface area (Å²) >= 11 is 0. The first kappa shape index (κ1) is 17.4. The minimum atomic E-state index is -0.310. The predicted octanol–water partition coefficient (Wildman–Crippen LogP) is 3.54. The second-order valence-corrected chi connectivity index (χ2v) is 6.57. The molecule has 25 heavy (non-hydrogen) atoms. The molecule has 1 saturated heterocycles. The summed E-state index contributed by atoms with van der Waals surface area (Å²) in [5, 5.41) is 6.39. The van der Waals surface area contributed by atoms with Crippen molar-refractivity contribution in [1.29, 1.82) is 0 Å². The maximum atomic E-state index is 13.0. The van der Waals surface area contributed by atoms with Gasteiger partial charge in [0.2, 0.25) is 0 Å². The molecule has 2 amide bonds. The number of urea groups is 1. The first-order chi connectivity index (χ1) is 12.1. The molecule has 4 nitrogen and oxygen atoms in total. The van der Waals surface area contributed by atoms with Crippen LogP contribution in [0.4, 0.5) is 14.9 Å². The van der Waals surface area contributed by atoms with Gasteiger partial charge >= 0.3 is 6.03 Å². The van der Waals surface area contributed by atoms with Crippen LogP contribution in [0.15, 0.2) is 54.6 Å². The Morgan fingerprint density at radius 1 is 1.20 bits per heavy atom. The average molecular weight is 341 g/mol. The summed E-state index contributed by atoms with van der Waals surface area (Å²) in [4.78, 5) is 13.9. The minimum absolute atomic E-state index is 0.0436. The van der Waals surface area contributed by atoms with Gasteiger partial charge in [0.25, 0.3) is 0 Å². The lowest BCUT2D eigenvalue weighted by Gasteiger charge is -2.32. The highest BCUT2D eigenvalue weighted by molar-refractivity contribution is 5.91. The number of carbonyl (C=O) groups excluding carboxylic acids is 1. The molecule has 0 bridgehead atoms. The van der Waals surface area contributed by atoms with Crippen LogP contribution < -0.4 is 15.5 Å². The number of piperidine rings is 1. The summed E-state index contributed by atoms with van der Waals surface area (Å²) in [6.07, 6.45) is 2.99. The van der Waals surface area contributed by atoms with Crippen molar-refractivity contribution in [3.8, 4) is 0 Å². The van der Waals surface area contributed by atoms with Crippen LogP contribution >= 0.6 is 0 Å². The maximum Gasteiger partial charge on any atom is 0.322 e. The molecule has 0 saturated carbocycles. The van der Waals surface area contributed by atoms with E-state index in [1.165, 1.54) is 22.6 Å². The molecule has 2 unspecified atom stereocenters. The normalized spacial score (nSPS) is 20.1. The van der Waals surface area contributed by atoms with E-state index in [2.05, 4.69) is 34.9 Å². The van der Waals surface area contributed by atoms with Gasteiger partial charge in [-0.3, -0.25) is 10.2 Å². The van der Waals surface area contributed by atoms with Crippen molar-refractivity contribution >= 4 is 11.7 Å². The van der Waals surface area contributed by atoms with Crippen LogP contribution in [0.1, 0.15) is 18.4 Å². The first-order valence-corrected chi connectivity index (χ1v) is 8.69. The molecule has 0 aromatic heterocycles. The number of hydrogen-bond acceptors (Lipinski definition) is 2. The molecular formula is C20H24FN3O. The number of nitrogens with zero attached hydrogens (tertiary/aromatic N) is 1. The third-order valence-electron chi connectivity index (χ3n) is 4.70. The standard InChI is InChI=1S/C20H24FN3O/c1-24(18-9-7-17(21)8-10-18)20(25)23-19-14-16(11-12-22-19)13-15-5-3-2-4-6-15/h2-10,16,19,22H,11-14H2,1H3,(H,23,25). The van der Waals surface area contributed by atoms with Crippen molar-refractivity contribution in [2.75, 3.05) is 18.5 Å². The summed E-state index contributed by atoms with van der Waals surface area (Å²) < 4.78 is 13.0. The number of hydrogen-bond donors (Lipinski definition) is 2. The summed E-state index contributed by atoms with van der Waals surface area (Å²) in [5.41, 5.74) is 2.00. The molecule has 1 heterocycles. The fraction of sp³-hybridized carbons (Fsp3) is 0.350. The van der Waals surface area contributed by atoms with E-state index in [9.17, 15) is 9.18 Å². The number of carbonyl (C=O) groups is 1. The Hall–Kier alpha value is -2.40. The van der Waals surface area contributed by atoms with Gasteiger partial charge in [-0.15, -0.1) is 0 Å². The third-order valence-corrected chi connectivity index (χ3v) is 4.70. The molecule has 2 N–H and O–H groups in total. The predicted molar refractivity (Wildman–Crippen MR) is 98.0 cm³/mol. The van der Waals surface area contributed by atoms with Crippen molar-refractivity contribution in [3.63, 3.8) is 0 Å². The third kappa shape index (κ3) is 4.79. The lowest BCUT2D eigenvalue weighted by molar-refractivity contribution is 0.226. The Bertz CT molecular complexity index is 690. The zero-order valence-electron chi connectivity index (χ0n) is 14.4. The van der Waals surface area contributed by atoms with Crippen molar-refractivity contribution < 1.29 is 9.18 Å². The van der Waals surface area contributed by atoms with E-state index in [0.29, 0.717) is 11.6 Å². The fourth-order valence-corrected chi connectivity index (χ4v) is 3.27. The second kappa shape index (κ2) is 8.12. The summed E-state index contributed by atoms with van der Waals surface area (Å²) in [6.45, 7) is 0.892. The number of amides is 2. The monoisotopic (exact) mass is 341 g/mol. The number of halogens is 1. The molecule has 1 aliphatic heterocycles. The van der Waals surface area contributed by atoms with Crippen LogP contribution in [-0.2, 0) is 6.42 Å². The van der Waals surface area contributed by atoms with Crippen LogP contribution in [0.25, 0.3) is 0 Å². The van der Waals surface area contributed by atoms with Crippen LogP contribution in [0.3, 0.4) is 0 Å². The van der Waals surface area contributed by atoms with E-state index >= 15 is 0 Å². The van der Waals surface area contributed by atoms with Crippen molar-refractivity contribution in [3.05, 3.63) is 66.0 Å². The molecule has 1 aliphatic rings. The van der Waals surface area contributed by atoms with Crippen LogP contribution in [0, 0.1) is 11.7 Å². The summed E-state index contributed by atoms with van der Waals surface area (Å²) in [7, 11) is 1.69. The van der Waals surface area contributed by atoms with Crippen LogP contribution in [-0.4, -0.2) is 25.8 Å². The van der Waals surface area contributed by atoms with Gasteiger partial charge in [0.15, 0.2) is 0 Å². The smallest absolute Gasteiger partial charge is 0.322 e. The maximum absolute atomic E-state index is 13.0.